The van der Waals surface area contributed by atoms with Crippen molar-refractivity contribution >= 4 is 50.1 Å². The zero-order valence-electron chi connectivity index (χ0n) is 8.09. The Hall–Kier alpha value is -0.770. The molecule has 84 valence electrons. The van der Waals surface area contributed by atoms with Gasteiger partial charge in [0.25, 0.3) is 0 Å². The van der Waals surface area contributed by atoms with Crippen LogP contribution in [-0.2, 0) is 0 Å². The fourth-order valence-electron chi connectivity index (χ4n) is 0.906. The summed E-state index contributed by atoms with van der Waals surface area (Å²) in [5.41, 5.74) is 0.264. The quantitative estimate of drug-likeness (QED) is 0.282. The van der Waals surface area contributed by atoms with Gasteiger partial charge in [0.05, 0.1) is 10.7 Å². The van der Waals surface area contributed by atoms with Gasteiger partial charge >= 0.3 is 0 Å². The van der Waals surface area contributed by atoms with Crippen LogP contribution in [0.5, 0.6) is 0 Å². The number of rotatable bonds is 1. The summed E-state index contributed by atoms with van der Waals surface area (Å²) in [6.07, 6.45) is 3.48. The molecule has 0 saturated carbocycles. The summed E-state index contributed by atoms with van der Waals surface area (Å²) in [6, 6.07) is 2.44. The molecule has 1 aromatic rings. The maximum atomic E-state index is 13.1. The molecule has 3 nitrogen and oxygen atoms in total. The number of thioether (sulfide) groups is 1. The highest BCUT2D eigenvalue weighted by atomic mass is 79.9. The lowest BCUT2D eigenvalue weighted by atomic mass is 10.3. The van der Waals surface area contributed by atoms with Crippen molar-refractivity contribution in [1.29, 1.82) is 5.26 Å². The lowest BCUT2D eigenvalue weighted by molar-refractivity contribution is 0.627. The standard InChI is InChI=1S/C9H6BrClFN3S/c1-16-9(14-4-13)15-7-3-5(12)2-6(10)8(7)11/h2-3H,1H3,(H,14,15). The van der Waals surface area contributed by atoms with Crippen LogP contribution in [0.2, 0.25) is 5.02 Å². The second-order valence-corrected chi connectivity index (χ2v) is 4.61. The molecule has 16 heavy (non-hydrogen) atoms. The Morgan fingerprint density at radius 3 is 2.94 bits per heavy atom. The molecule has 0 fully saturated rings. The lowest BCUT2D eigenvalue weighted by Crippen LogP contribution is -2.12. The van der Waals surface area contributed by atoms with Crippen LogP contribution in [0.25, 0.3) is 0 Å². The average molecular weight is 323 g/mol. The first kappa shape index (κ1) is 13.3. The SMILES string of the molecule is CSC(=Nc1cc(F)cc(Br)c1Cl)NC#N. The highest BCUT2D eigenvalue weighted by Crippen LogP contribution is 2.33. The minimum atomic E-state index is -0.451. The van der Waals surface area contributed by atoms with Crippen molar-refractivity contribution in [2.24, 2.45) is 4.99 Å². The van der Waals surface area contributed by atoms with E-state index < -0.39 is 5.82 Å². The van der Waals surface area contributed by atoms with Crippen LogP contribution in [0, 0.1) is 17.3 Å². The molecule has 0 spiro atoms. The highest BCUT2D eigenvalue weighted by Gasteiger charge is 2.07. The van der Waals surface area contributed by atoms with Gasteiger partial charge in [0.2, 0.25) is 0 Å². The van der Waals surface area contributed by atoms with Crippen molar-refractivity contribution < 1.29 is 4.39 Å². The van der Waals surface area contributed by atoms with Crippen LogP contribution < -0.4 is 5.32 Å². The van der Waals surface area contributed by atoms with E-state index in [-0.39, 0.29) is 5.69 Å². The molecule has 0 unspecified atom stereocenters. The number of amidine groups is 1. The van der Waals surface area contributed by atoms with Crippen molar-refractivity contribution in [2.75, 3.05) is 6.26 Å². The van der Waals surface area contributed by atoms with Crippen LogP contribution >= 0.6 is 39.3 Å². The van der Waals surface area contributed by atoms with E-state index in [0.717, 1.165) is 0 Å². The van der Waals surface area contributed by atoms with Gasteiger partial charge in [0, 0.05) is 10.5 Å². The van der Waals surface area contributed by atoms with Gasteiger partial charge in [-0.05, 0) is 28.3 Å². The Balaban J connectivity index is 3.18. The summed E-state index contributed by atoms with van der Waals surface area (Å²) in [5, 5.41) is 11.5. The summed E-state index contributed by atoms with van der Waals surface area (Å²) < 4.78 is 13.5. The maximum absolute atomic E-state index is 13.1. The summed E-state index contributed by atoms with van der Waals surface area (Å²) >= 11 is 10.3. The molecule has 0 aliphatic carbocycles. The topological polar surface area (TPSA) is 48.2 Å². The minimum absolute atomic E-state index is 0.264. The van der Waals surface area contributed by atoms with E-state index in [4.69, 9.17) is 16.9 Å². The third-order valence-electron chi connectivity index (χ3n) is 1.55. The first-order chi connectivity index (χ1) is 7.58. The van der Waals surface area contributed by atoms with Gasteiger partial charge < -0.3 is 0 Å². The molecule has 0 aliphatic rings. The molecule has 1 N–H and O–H groups in total. The third kappa shape index (κ3) is 3.37. The lowest BCUT2D eigenvalue weighted by Gasteiger charge is -2.03. The summed E-state index contributed by atoms with van der Waals surface area (Å²) in [7, 11) is 0. The third-order valence-corrected chi connectivity index (χ3v) is 3.38. The normalized spacial score (nSPS) is 11.1. The van der Waals surface area contributed by atoms with Crippen molar-refractivity contribution in [2.45, 2.75) is 0 Å². The minimum Gasteiger partial charge on any atom is -0.271 e. The highest BCUT2D eigenvalue weighted by molar-refractivity contribution is 9.10. The Bertz CT molecular complexity index is 473. The van der Waals surface area contributed by atoms with Crippen molar-refractivity contribution in [3.05, 3.63) is 27.4 Å². The first-order valence-corrected chi connectivity index (χ1v) is 6.40. The Labute approximate surface area is 110 Å². The van der Waals surface area contributed by atoms with Crippen LogP contribution in [0.3, 0.4) is 0 Å². The molecule has 0 aliphatic heterocycles. The summed E-state index contributed by atoms with van der Waals surface area (Å²) in [4.78, 5) is 4.03. The Kier molecular flexibility index (Phi) is 5.06. The second kappa shape index (κ2) is 6.09. The van der Waals surface area contributed by atoms with E-state index in [1.54, 1.807) is 12.4 Å². The second-order valence-electron chi connectivity index (χ2n) is 2.58. The number of hydrogen-bond acceptors (Lipinski definition) is 3. The molecular weight excluding hydrogens is 317 g/mol. The molecule has 1 aromatic carbocycles. The molecule has 0 amide bonds. The van der Waals surface area contributed by atoms with E-state index in [2.05, 4.69) is 26.2 Å². The molecule has 0 saturated heterocycles. The smallest absolute Gasteiger partial charge is 0.183 e. The van der Waals surface area contributed by atoms with Gasteiger partial charge in [0.1, 0.15) is 5.82 Å². The number of hydrogen-bond donors (Lipinski definition) is 1. The fourth-order valence-corrected chi connectivity index (χ4v) is 1.82. The Morgan fingerprint density at radius 2 is 2.38 bits per heavy atom. The number of aliphatic imine (C=N–C) groups is 1. The zero-order chi connectivity index (χ0) is 12.1. The van der Waals surface area contributed by atoms with E-state index >= 15 is 0 Å². The number of nitriles is 1. The van der Waals surface area contributed by atoms with E-state index in [1.807, 2.05) is 0 Å². The molecular formula is C9H6BrClFN3S. The predicted molar refractivity (Wildman–Crippen MR) is 68.5 cm³/mol. The van der Waals surface area contributed by atoms with Gasteiger partial charge in [-0.3, -0.25) is 5.32 Å². The van der Waals surface area contributed by atoms with Gasteiger partial charge in [-0.25, -0.2) is 9.38 Å². The summed E-state index contributed by atoms with van der Waals surface area (Å²) in [6.45, 7) is 0. The van der Waals surface area contributed by atoms with Crippen LogP contribution in [0.1, 0.15) is 0 Å². The first-order valence-electron chi connectivity index (χ1n) is 4.00. The molecule has 0 radical (unpaired) electrons. The van der Waals surface area contributed by atoms with Crippen molar-refractivity contribution in [1.82, 2.24) is 5.32 Å². The molecule has 0 bridgehead atoms. The van der Waals surface area contributed by atoms with Crippen LogP contribution in [0.15, 0.2) is 21.6 Å². The predicted octanol–water partition coefficient (Wildman–Crippen LogP) is 3.66. The van der Waals surface area contributed by atoms with Gasteiger partial charge in [-0.1, -0.05) is 23.4 Å². The molecule has 1 rings (SSSR count). The number of nitrogens with one attached hydrogen (secondary N) is 1. The van der Waals surface area contributed by atoms with Crippen LogP contribution in [0.4, 0.5) is 10.1 Å². The van der Waals surface area contributed by atoms with E-state index in [1.165, 1.54) is 23.9 Å². The molecule has 7 heteroatoms. The number of benzene rings is 1. The fraction of sp³-hybridized carbons (Fsp3) is 0.111. The van der Waals surface area contributed by atoms with Crippen molar-refractivity contribution in [3.8, 4) is 6.19 Å². The largest absolute Gasteiger partial charge is 0.271 e. The monoisotopic (exact) mass is 321 g/mol. The van der Waals surface area contributed by atoms with E-state index in [0.29, 0.717) is 14.7 Å². The number of halogens is 3. The van der Waals surface area contributed by atoms with Gasteiger partial charge in [-0.15, -0.1) is 0 Å². The molecule has 0 atom stereocenters. The average Bonchev–Trinajstić information content (AvgIpc) is 2.24. The maximum Gasteiger partial charge on any atom is 0.183 e. The van der Waals surface area contributed by atoms with Crippen LogP contribution in [-0.4, -0.2) is 11.4 Å². The number of nitrogens with zero attached hydrogens (tertiary/aromatic N) is 2. The summed E-state index contributed by atoms with van der Waals surface area (Å²) in [5.74, 6) is -0.451. The van der Waals surface area contributed by atoms with Gasteiger partial charge in [0.15, 0.2) is 11.4 Å². The zero-order valence-corrected chi connectivity index (χ0v) is 11.2. The Morgan fingerprint density at radius 1 is 1.69 bits per heavy atom. The van der Waals surface area contributed by atoms with Gasteiger partial charge in [-0.2, -0.15) is 5.26 Å². The molecule has 0 heterocycles. The van der Waals surface area contributed by atoms with Crippen molar-refractivity contribution in [3.63, 3.8) is 0 Å². The molecule has 0 aromatic heterocycles. The van der Waals surface area contributed by atoms with E-state index in [9.17, 15) is 4.39 Å².